The Balaban J connectivity index is 1.36. The van der Waals surface area contributed by atoms with Crippen LogP contribution in [0.2, 0.25) is 0 Å². The van der Waals surface area contributed by atoms with Gasteiger partial charge in [0.15, 0.2) is 0 Å². The van der Waals surface area contributed by atoms with Gasteiger partial charge in [-0.05, 0) is 42.2 Å². The third-order valence-electron chi connectivity index (χ3n) is 5.86. The third-order valence-corrected chi connectivity index (χ3v) is 7.77. The van der Waals surface area contributed by atoms with E-state index in [1.807, 2.05) is 38.1 Å². The van der Waals surface area contributed by atoms with E-state index in [-0.39, 0.29) is 22.8 Å². The molecule has 0 bridgehead atoms. The van der Waals surface area contributed by atoms with Crippen LogP contribution < -0.4 is 5.32 Å². The number of imidazole rings is 1. The Bertz CT molecular complexity index is 1170. The van der Waals surface area contributed by atoms with Gasteiger partial charge in [-0.25, -0.2) is 13.4 Å². The van der Waals surface area contributed by atoms with Crippen LogP contribution in [0.4, 0.5) is 0 Å². The second-order valence-electron chi connectivity index (χ2n) is 8.59. The van der Waals surface area contributed by atoms with Crippen molar-refractivity contribution in [1.82, 2.24) is 19.6 Å². The summed E-state index contributed by atoms with van der Waals surface area (Å²) in [6, 6.07) is 14.4. The number of H-pyrrole nitrogens is 1. The summed E-state index contributed by atoms with van der Waals surface area (Å²) >= 11 is 0. The van der Waals surface area contributed by atoms with Gasteiger partial charge in [0.05, 0.1) is 35.2 Å². The highest BCUT2D eigenvalue weighted by Gasteiger charge is 2.26. The van der Waals surface area contributed by atoms with E-state index in [9.17, 15) is 13.2 Å². The lowest BCUT2D eigenvalue weighted by Gasteiger charge is -2.26. The van der Waals surface area contributed by atoms with Crippen LogP contribution in [0.3, 0.4) is 0 Å². The molecule has 0 unspecified atom stereocenters. The van der Waals surface area contributed by atoms with E-state index in [1.54, 1.807) is 24.3 Å². The molecule has 1 amide bonds. The zero-order valence-electron chi connectivity index (χ0n) is 19.0. The molecular weight excluding hydrogens is 440 g/mol. The van der Waals surface area contributed by atoms with Crippen LogP contribution in [0.15, 0.2) is 53.4 Å². The lowest BCUT2D eigenvalue weighted by Crippen LogP contribution is -2.40. The van der Waals surface area contributed by atoms with Crippen molar-refractivity contribution >= 4 is 27.0 Å². The van der Waals surface area contributed by atoms with Crippen LogP contribution in [0.1, 0.15) is 37.7 Å². The Morgan fingerprint density at radius 3 is 2.48 bits per heavy atom. The van der Waals surface area contributed by atoms with Gasteiger partial charge in [-0.3, -0.25) is 4.79 Å². The van der Waals surface area contributed by atoms with E-state index in [0.717, 1.165) is 22.4 Å². The number of amides is 1. The molecule has 1 aromatic heterocycles. The van der Waals surface area contributed by atoms with Crippen LogP contribution in [-0.2, 0) is 26.0 Å². The number of rotatable bonds is 8. The highest BCUT2D eigenvalue weighted by atomic mass is 32.2. The molecule has 2 aromatic carbocycles. The van der Waals surface area contributed by atoms with Gasteiger partial charge in [-0.15, -0.1) is 0 Å². The molecular formula is C24H30N4O4S. The lowest BCUT2D eigenvalue weighted by molar-refractivity contribution is -0.122. The minimum atomic E-state index is -3.51. The first kappa shape index (κ1) is 23.4. The smallest absolute Gasteiger partial charge is 0.243 e. The first-order valence-corrected chi connectivity index (χ1v) is 12.7. The number of carbonyl (C=O) groups is 1. The Hall–Kier alpha value is -2.75. The summed E-state index contributed by atoms with van der Waals surface area (Å²) < 4.78 is 32.2. The van der Waals surface area contributed by atoms with Crippen LogP contribution in [0.25, 0.3) is 11.0 Å². The SMILES string of the molecule is CC(C)[C@H](NC(=O)CCc1ccc(S(=O)(=O)N2CCOCC2)cc1)c1nc2ccccc2[nH]1. The van der Waals surface area contributed by atoms with E-state index in [1.165, 1.54) is 4.31 Å². The Morgan fingerprint density at radius 1 is 1.12 bits per heavy atom. The van der Waals surface area contributed by atoms with E-state index in [2.05, 4.69) is 15.3 Å². The second-order valence-corrected chi connectivity index (χ2v) is 10.5. The number of nitrogens with zero attached hydrogens (tertiary/aromatic N) is 2. The summed E-state index contributed by atoms with van der Waals surface area (Å²) in [6.45, 7) is 5.66. The van der Waals surface area contributed by atoms with E-state index in [4.69, 9.17) is 4.74 Å². The van der Waals surface area contributed by atoms with Crippen molar-refractivity contribution in [3.05, 3.63) is 59.9 Å². The Labute approximate surface area is 194 Å². The first-order valence-electron chi connectivity index (χ1n) is 11.3. The van der Waals surface area contributed by atoms with Crippen molar-refractivity contribution < 1.29 is 17.9 Å². The predicted octanol–water partition coefficient (Wildman–Crippen LogP) is 3.03. The number of ether oxygens (including phenoxy) is 1. The van der Waals surface area contributed by atoms with Crippen LogP contribution in [0.5, 0.6) is 0 Å². The molecule has 0 spiro atoms. The van der Waals surface area contributed by atoms with Crippen molar-refractivity contribution in [1.29, 1.82) is 0 Å². The highest BCUT2D eigenvalue weighted by molar-refractivity contribution is 7.89. The molecule has 1 atom stereocenters. The highest BCUT2D eigenvalue weighted by Crippen LogP contribution is 2.23. The zero-order chi connectivity index (χ0) is 23.4. The number of carbonyl (C=O) groups excluding carboxylic acids is 1. The molecule has 1 aliphatic rings. The monoisotopic (exact) mass is 470 g/mol. The number of benzene rings is 2. The summed E-state index contributed by atoms with van der Waals surface area (Å²) in [6.07, 6.45) is 0.827. The minimum Gasteiger partial charge on any atom is -0.379 e. The Morgan fingerprint density at radius 2 is 1.82 bits per heavy atom. The van der Waals surface area contributed by atoms with Gasteiger partial charge >= 0.3 is 0 Å². The molecule has 2 heterocycles. The number of morpholine rings is 1. The van der Waals surface area contributed by atoms with Crippen molar-refractivity contribution in [2.45, 2.75) is 37.6 Å². The van der Waals surface area contributed by atoms with Crippen molar-refractivity contribution in [2.24, 2.45) is 5.92 Å². The van der Waals surface area contributed by atoms with Gasteiger partial charge < -0.3 is 15.0 Å². The molecule has 1 fully saturated rings. The molecule has 0 aliphatic carbocycles. The van der Waals surface area contributed by atoms with Gasteiger partial charge in [-0.1, -0.05) is 38.1 Å². The van der Waals surface area contributed by atoms with E-state index >= 15 is 0 Å². The third kappa shape index (κ3) is 5.43. The topological polar surface area (TPSA) is 104 Å². The van der Waals surface area contributed by atoms with E-state index in [0.29, 0.717) is 39.1 Å². The molecule has 0 saturated carbocycles. The molecule has 4 rings (SSSR count). The van der Waals surface area contributed by atoms with Crippen molar-refractivity contribution in [3.63, 3.8) is 0 Å². The number of hydrogen-bond acceptors (Lipinski definition) is 5. The summed E-state index contributed by atoms with van der Waals surface area (Å²) in [5, 5.41) is 3.10. The molecule has 3 aromatic rings. The van der Waals surface area contributed by atoms with Crippen LogP contribution in [0, 0.1) is 5.92 Å². The van der Waals surface area contributed by atoms with Gasteiger partial charge in [0, 0.05) is 19.5 Å². The summed E-state index contributed by atoms with van der Waals surface area (Å²) in [7, 11) is -3.51. The molecule has 33 heavy (non-hydrogen) atoms. The molecule has 2 N–H and O–H groups in total. The fourth-order valence-electron chi connectivity index (χ4n) is 3.94. The number of hydrogen-bond donors (Lipinski definition) is 2. The van der Waals surface area contributed by atoms with Gasteiger partial charge in [0.25, 0.3) is 0 Å². The summed E-state index contributed by atoms with van der Waals surface area (Å²) in [5.41, 5.74) is 2.73. The van der Waals surface area contributed by atoms with Gasteiger partial charge in [0.2, 0.25) is 15.9 Å². The number of aromatic amines is 1. The number of aryl methyl sites for hydroxylation is 1. The number of para-hydroxylation sites is 2. The molecule has 9 heteroatoms. The standard InChI is InChI=1S/C24H30N4O4S/c1-17(2)23(24-25-20-5-3-4-6-21(20)26-24)27-22(29)12-9-18-7-10-19(11-8-18)33(30,31)28-13-15-32-16-14-28/h3-8,10-11,17,23H,9,12-16H2,1-2H3,(H,25,26)(H,27,29)/t23-/m0/s1. The average Bonchev–Trinajstić information content (AvgIpc) is 3.25. The van der Waals surface area contributed by atoms with Crippen molar-refractivity contribution in [2.75, 3.05) is 26.3 Å². The largest absolute Gasteiger partial charge is 0.379 e. The van der Waals surface area contributed by atoms with Crippen molar-refractivity contribution in [3.8, 4) is 0 Å². The second kappa shape index (κ2) is 10.0. The van der Waals surface area contributed by atoms with Gasteiger partial charge in [0.1, 0.15) is 5.82 Å². The molecule has 8 nitrogen and oxygen atoms in total. The lowest BCUT2D eigenvalue weighted by atomic mass is 10.0. The Kier molecular flexibility index (Phi) is 7.11. The minimum absolute atomic E-state index is 0.0702. The zero-order valence-corrected chi connectivity index (χ0v) is 19.8. The fraction of sp³-hybridized carbons (Fsp3) is 0.417. The number of nitrogens with one attached hydrogen (secondary N) is 2. The van der Waals surface area contributed by atoms with Crippen LogP contribution >= 0.6 is 0 Å². The maximum Gasteiger partial charge on any atom is 0.243 e. The van der Waals surface area contributed by atoms with E-state index < -0.39 is 10.0 Å². The summed E-state index contributed by atoms with van der Waals surface area (Å²) in [5.74, 6) is 0.843. The maximum atomic E-state index is 12.7. The number of fused-ring (bicyclic) bond motifs is 1. The number of sulfonamides is 1. The molecule has 1 saturated heterocycles. The number of aromatic nitrogens is 2. The van der Waals surface area contributed by atoms with Gasteiger partial charge in [-0.2, -0.15) is 4.31 Å². The van der Waals surface area contributed by atoms with Crippen LogP contribution in [-0.4, -0.2) is 54.9 Å². The quantitative estimate of drug-likeness (QED) is 0.527. The molecule has 1 aliphatic heterocycles. The maximum absolute atomic E-state index is 12.7. The predicted molar refractivity (Wildman–Crippen MR) is 126 cm³/mol. The summed E-state index contributed by atoms with van der Waals surface area (Å²) in [4.78, 5) is 20.9. The molecule has 0 radical (unpaired) electrons. The normalized spacial score (nSPS) is 16.2. The average molecular weight is 471 g/mol. The molecule has 176 valence electrons. The fourth-order valence-corrected chi connectivity index (χ4v) is 5.35. The first-order chi connectivity index (χ1) is 15.8.